The molecule has 0 fully saturated rings. The summed E-state index contributed by atoms with van der Waals surface area (Å²) in [6.45, 7) is 2.84. The number of carboxylic acids is 1. The number of nitrogens with zero attached hydrogens (tertiary/aromatic N) is 1. The second-order valence-electron chi connectivity index (χ2n) is 2.56. The Morgan fingerprint density at radius 2 is 2.13 bits per heavy atom. The lowest BCUT2D eigenvalue weighted by molar-refractivity contribution is 0.0690. The van der Waals surface area contributed by atoms with Gasteiger partial charge < -0.3 is 10.8 Å². The molecule has 7 heteroatoms. The number of anilines is 1. The molecule has 1 heterocycles. The molecular formula is C8H5ClF2N2O2. The molecule has 80 valence electrons. The zero-order valence-corrected chi connectivity index (χ0v) is 7.98. The van der Waals surface area contributed by atoms with Gasteiger partial charge in [0.1, 0.15) is 5.83 Å². The number of pyridine rings is 1. The van der Waals surface area contributed by atoms with E-state index in [-0.39, 0.29) is 0 Å². The van der Waals surface area contributed by atoms with Crippen molar-refractivity contribution in [2.24, 2.45) is 0 Å². The lowest BCUT2D eigenvalue weighted by Crippen LogP contribution is -2.10. The Bertz CT molecular complexity index is 462. The third-order valence-electron chi connectivity index (χ3n) is 1.61. The standard InChI is InChI=1S/C8H5ClF2N2O2/c1-2(10)3-5(12)4(11)7(9)13-6(3)8(14)15/h1H2,(H2,12,13)(H,14,15). The summed E-state index contributed by atoms with van der Waals surface area (Å²) in [7, 11) is 0. The predicted octanol–water partition coefficient (Wildman–Crippen LogP) is 2.09. The van der Waals surface area contributed by atoms with Crippen LogP contribution in [0.5, 0.6) is 0 Å². The van der Waals surface area contributed by atoms with Crippen LogP contribution in [0, 0.1) is 5.82 Å². The maximum atomic E-state index is 13.1. The van der Waals surface area contributed by atoms with Gasteiger partial charge in [-0.25, -0.2) is 18.6 Å². The number of nitrogens with two attached hydrogens (primary N) is 1. The Labute approximate surface area is 88.0 Å². The van der Waals surface area contributed by atoms with Crippen LogP contribution in [0.3, 0.4) is 0 Å². The van der Waals surface area contributed by atoms with Crippen molar-refractivity contribution >= 4 is 29.1 Å². The Morgan fingerprint density at radius 1 is 1.60 bits per heavy atom. The zero-order chi connectivity index (χ0) is 11.7. The zero-order valence-electron chi connectivity index (χ0n) is 7.22. The summed E-state index contributed by atoms with van der Waals surface area (Å²) < 4.78 is 25.9. The van der Waals surface area contributed by atoms with Gasteiger partial charge in [0, 0.05) is 0 Å². The molecule has 1 aromatic rings. The Kier molecular flexibility index (Phi) is 2.90. The van der Waals surface area contributed by atoms with Crippen LogP contribution in [-0.4, -0.2) is 16.1 Å². The molecule has 0 saturated carbocycles. The fraction of sp³-hybridized carbons (Fsp3) is 0. The molecule has 0 aliphatic rings. The van der Waals surface area contributed by atoms with E-state index in [0.29, 0.717) is 0 Å². The van der Waals surface area contributed by atoms with E-state index >= 15 is 0 Å². The number of rotatable bonds is 2. The Balaban J connectivity index is 3.65. The van der Waals surface area contributed by atoms with Gasteiger partial charge >= 0.3 is 5.97 Å². The van der Waals surface area contributed by atoms with Gasteiger partial charge in [-0.05, 0) is 0 Å². The summed E-state index contributed by atoms with van der Waals surface area (Å²) >= 11 is 5.26. The molecule has 0 spiro atoms. The average Bonchev–Trinajstić information content (AvgIpc) is 2.12. The molecule has 0 atom stereocenters. The monoisotopic (exact) mass is 234 g/mol. The lowest BCUT2D eigenvalue weighted by Gasteiger charge is -2.08. The number of aromatic nitrogens is 1. The molecule has 0 amide bonds. The topological polar surface area (TPSA) is 76.2 Å². The molecule has 4 nitrogen and oxygen atoms in total. The van der Waals surface area contributed by atoms with Gasteiger partial charge in [0.15, 0.2) is 16.7 Å². The maximum Gasteiger partial charge on any atom is 0.355 e. The van der Waals surface area contributed by atoms with Crippen LogP contribution >= 0.6 is 11.6 Å². The second kappa shape index (κ2) is 3.82. The highest BCUT2D eigenvalue weighted by Gasteiger charge is 2.23. The van der Waals surface area contributed by atoms with Gasteiger partial charge in [0.2, 0.25) is 0 Å². The number of nitrogen functional groups attached to an aromatic ring is 1. The predicted molar refractivity (Wildman–Crippen MR) is 50.7 cm³/mol. The molecule has 15 heavy (non-hydrogen) atoms. The molecule has 1 rings (SSSR count). The Hall–Kier alpha value is -1.69. The van der Waals surface area contributed by atoms with Crippen molar-refractivity contribution in [1.82, 2.24) is 4.98 Å². The first-order valence-corrected chi connectivity index (χ1v) is 3.96. The number of carboxylic acid groups (broad SMARTS) is 1. The first-order valence-electron chi connectivity index (χ1n) is 3.58. The highest BCUT2D eigenvalue weighted by molar-refractivity contribution is 6.30. The van der Waals surface area contributed by atoms with Gasteiger partial charge in [-0.3, -0.25) is 0 Å². The third kappa shape index (κ3) is 1.89. The third-order valence-corrected chi connectivity index (χ3v) is 1.86. The van der Waals surface area contributed by atoms with Gasteiger partial charge in [-0.15, -0.1) is 0 Å². The van der Waals surface area contributed by atoms with Crippen LogP contribution in [0.2, 0.25) is 5.15 Å². The maximum absolute atomic E-state index is 13.1. The smallest absolute Gasteiger partial charge is 0.355 e. The molecule has 0 unspecified atom stereocenters. The van der Waals surface area contributed by atoms with E-state index in [1.165, 1.54) is 0 Å². The Morgan fingerprint density at radius 3 is 2.53 bits per heavy atom. The van der Waals surface area contributed by atoms with E-state index < -0.39 is 39.7 Å². The van der Waals surface area contributed by atoms with E-state index in [1.807, 2.05) is 0 Å². The van der Waals surface area contributed by atoms with Crippen LogP contribution in [0.15, 0.2) is 6.58 Å². The summed E-state index contributed by atoms with van der Waals surface area (Å²) in [6, 6.07) is 0. The summed E-state index contributed by atoms with van der Waals surface area (Å²) in [6.07, 6.45) is 0. The minimum Gasteiger partial charge on any atom is -0.476 e. The number of aromatic carboxylic acids is 1. The number of hydrogen-bond donors (Lipinski definition) is 2. The number of halogens is 3. The molecule has 1 aromatic heterocycles. The molecule has 0 saturated heterocycles. The van der Waals surface area contributed by atoms with Crippen molar-refractivity contribution in [3.8, 4) is 0 Å². The van der Waals surface area contributed by atoms with E-state index in [4.69, 9.17) is 22.4 Å². The van der Waals surface area contributed by atoms with Gasteiger partial charge in [0.05, 0.1) is 11.3 Å². The van der Waals surface area contributed by atoms with E-state index in [2.05, 4.69) is 11.6 Å². The van der Waals surface area contributed by atoms with E-state index in [0.717, 1.165) is 0 Å². The van der Waals surface area contributed by atoms with Gasteiger partial charge in [0.25, 0.3) is 0 Å². The fourth-order valence-corrected chi connectivity index (χ4v) is 1.17. The van der Waals surface area contributed by atoms with Crippen molar-refractivity contribution in [3.05, 3.63) is 28.8 Å². The average molecular weight is 235 g/mol. The molecular weight excluding hydrogens is 230 g/mol. The first kappa shape index (κ1) is 11.4. The highest BCUT2D eigenvalue weighted by Crippen LogP contribution is 2.30. The fourth-order valence-electron chi connectivity index (χ4n) is 0.981. The molecule has 0 aromatic carbocycles. The van der Waals surface area contributed by atoms with Crippen molar-refractivity contribution in [2.45, 2.75) is 0 Å². The largest absolute Gasteiger partial charge is 0.476 e. The minimum atomic E-state index is -1.57. The van der Waals surface area contributed by atoms with Crippen LogP contribution in [0.25, 0.3) is 5.83 Å². The molecule has 0 aliphatic carbocycles. The first-order chi connectivity index (χ1) is 6.86. The van der Waals surface area contributed by atoms with Gasteiger partial charge in [-0.1, -0.05) is 18.2 Å². The van der Waals surface area contributed by atoms with E-state index in [9.17, 15) is 13.6 Å². The lowest BCUT2D eigenvalue weighted by atomic mass is 10.1. The van der Waals surface area contributed by atoms with Crippen LogP contribution in [0.4, 0.5) is 14.5 Å². The van der Waals surface area contributed by atoms with Gasteiger partial charge in [-0.2, -0.15) is 0 Å². The van der Waals surface area contributed by atoms with Crippen LogP contribution in [-0.2, 0) is 0 Å². The number of carbonyl (C=O) groups is 1. The van der Waals surface area contributed by atoms with Crippen LogP contribution in [0.1, 0.15) is 16.1 Å². The normalized spacial score (nSPS) is 10.1. The van der Waals surface area contributed by atoms with Crippen molar-refractivity contribution < 1.29 is 18.7 Å². The minimum absolute atomic E-state index is 0.690. The van der Waals surface area contributed by atoms with Crippen molar-refractivity contribution in [2.75, 3.05) is 5.73 Å². The van der Waals surface area contributed by atoms with E-state index in [1.54, 1.807) is 0 Å². The second-order valence-corrected chi connectivity index (χ2v) is 2.92. The SMILES string of the molecule is C=C(F)c1c(C(=O)O)nc(Cl)c(F)c1N. The van der Waals surface area contributed by atoms with Crippen molar-refractivity contribution in [3.63, 3.8) is 0 Å². The molecule has 0 radical (unpaired) electrons. The van der Waals surface area contributed by atoms with Crippen molar-refractivity contribution in [1.29, 1.82) is 0 Å². The quantitative estimate of drug-likeness (QED) is 0.769. The van der Waals surface area contributed by atoms with Crippen LogP contribution < -0.4 is 5.73 Å². The summed E-state index contributed by atoms with van der Waals surface area (Å²) in [5, 5.41) is 7.92. The number of hydrogen-bond acceptors (Lipinski definition) is 3. The molecule has 3 N–H and O–H groups in total. The highest BCUT2D eigenvalue weighted by atomic mass is 35.5. The molecule has 0 aliphatic heterocycles. The summed E-state index contributed by atoms with van der Waals surface area (Å²) in [5.74, 6) is -3.93. The molecule has 0 bridgehead atoms. The summed E-state index contributed by atoms with van der Waals surface area (Å²) in [4.78, 5) is 13.8. The summed E-state index contributed by atoms with van der Waals surface area (Å²) in [5.41, 5.74) is 2.97.